The molecule has 5 nitrogen and oxygen atoms in total. The van der Waals surface area contributed by atoms with E-state index >= 15 is 0 Å². The highest BCUT2D eigenvalue weighted by molar-refractivity contribution is 5.73. The van der Waals surface area contributed by atoms with Crippen molar-refractivity contribution in [1.82, 2.24) is 5.32 Å². The molecule has 1 aliphatic rings. The molecule has 1 heterocycles. The first kappa shape index (κ1) is 13.4. The smallest absolute Gasteiger partial charge is 0.321 e. The maximum atomic E-state index is 10.9. The number of ether oxygens (including phenoxy) is 2. The van der Waals surface area contributed by atoms with Crippen LogP contribution >= 0.6 is 0 Å². The van der Waals surface area contributed by atoms with Gasteiger partial charge in [0, 0.05) is 0 Å². The first-order valence-electron chi connectivity index (χ1n) is 5.53. The van der Waals surface area contributed by atoms with Gasteiger partial charge in [-0.1, -0.05) is 13.8 Å². The van der Waals surface area contributed by atoms with E-state index in [1.165, 1.54) is 0 Å². The van der Waals surface area contributed by atoms with Gasteiger partial charge in [-0.2, -0.15) is 0 Å². The second kappa shape index (κ2) is 4.69. The predicted molar refractivity (Wildman–Crippen MR) is 58.9 cm³/mol. The summed E-state index contributed by atoms with van der Waals surface area (Å²) in [5.74, 6) is -0.850. The van der Waals surface area contributed by atoms with E-state index < -0.39 is 12.0 Å². The maximum absolute atomic E-state index is 10.9. The Morgan fingerprint density at radius 2 is 2.00 bits per heavy atom. The van der Waals surface area contributed by atoms with Crippen LogP contribution in [0.25, 0.3) is 0 Å². The van der Waals surface area contributed by atoms with Crippen LogP contribution in [0.2, 0.25) is 0 Å². The van der Waals surface area contributed by atoms with Crippen LogP contribution in [-0.4, -0.2) is 35.2 Å². The molecule has 16 heavy (non-hydrogen) atoms. The highest BCUT2D eigenvalue weighted by atomic mass is 16.8. The minimum atomic E-state index is -0.861. The molecule has 0 aromatic carbocycles. The van der Waals surface area contributed by atoms with Crippen LogP contribution in [0, 0.1) is 5.92 Å². The number of hydrogen-bond donors (Lipinski definition) is 2. The lowest BCUT2D eigenvalue weighted by Crippen LogP contribution is -2.43. The van der Waals surface area contributed by atoms with Gasteiger partial charge in [-0.05, 0) is 26.7 Å². The van der Waals surface area contributed by atoms with Crippen molar-refractivity contribution in [3.8, 4) is 0 Å². The maximum Gasteiger partial charge on any atom is 0.321 e. The molecule has 0 bridgehead atoms. The lowest BCUT2D eigenvalue weighted by molar-refractivity contribution is -0.140. The van der Waals surface area contributed by atoms with Gasteiger partial charge >= 0.3 is 5.97 Å². The first-order valence-corrected chi connectivity index (χ1v) is 5.53. The zero-order valence-corrected chi connectivity index (χ0v) is 10.5. The van der Waals surface area contributed by atoms with Crippen molar-refractivity contribution in [2.75, 3.05) is 0 Å². The van der Waals surface area contributed by atoms with Crippen LogP contribution in [0.15, 0.2) is 0 Å². The van der Waals surface area contributed by atoms with Crippen molar-refractivity contribution < 1.29 is 19.4 Å². The molecule has 0 radical (unpaired) electrons. The molecule has 5 heteroatoms. The molecule has 0 aromatic rings. The molecule has 0 spiro atoms. The Morgan fingerprint density at radius 3 is 2.38 bits per heavy atom. The molecular formula is C11H21NO4. The molecule has 0 saturated carbocycles. The summed E-state index contributed by atoms with van der Waals surface area (Å²) in [7, 11) is 0. The number of aliphatic carboxylic acids is 1. The minimum Gasteiger partial charge on any atom is -0.480 e. The number of hydrogen-bond acceptors (Lipinski definition) is 4. The Kier molecular flexibility index (Phi) is 3.93. The molecule has 1 fully saturated rings. The van der Waals surface area contributed by atoms with E-state index in [-0.39, 0.29) is 24.0 Å². The molecule has 1 rings (SSSR count). The van der Waals surface area contributed by atoms with Gasteiger partial charge < -0.3 is 14.6 Å². The zero-order chi connectivity index (χ0) is 12.5. The topological polar surface area (TPSA) is 71.1 Å². The number of carboxylic acid groups (broad SMARTS) is 1. The molecule has 0 aromatic heterocycles. The largest absolute Gasteiger partial charge is 0.480 e. The van der Waals surface area contributed by atoms with Gasteiger partial charge in [0.15, 0.2) is 12.5 Å². The third-order valence-corrected chi connectivity index (χ3v) is 2.20. The molecule has 2 N–H and O–H groups in total. The lowest BCUT2D eigenvalue weighted by Gasteiger charge is -2.19. The molecular weight excluding hydrogens is 210 g/mol. The second-order valence-corrected chi connectivity index (χ2v) is 5.38. The van der Waals surface area contributed by atoms with E-state index in [2.05, 4.69) is 5.32 Å². The number of epoxide rings is 1. The number of rotatable bonds is 5. The van der Waals surface area contributed by atoms with Crippen molar-refractivity contribution in [3.05, 3.63) is 0 Å². The third-order valence-electron chi connectivity index (χ3n) is 2.20. The third kappa shape index (κ3) is 4.08. The van der Waals surface area contributed by atoms with Crippen molar-refractivity contribution in [2.45, 2.75) is 58.8 Å². The van der Waals surface area contributed by atoms with E-state index in [0.717, 1.165) is 0 Å². The fourth-order valence-electron chi connectivity index (χ4n) is 1.38. The quantitative estimate of drug-likeness (QED) is 0.695. The highest BCUT2D eigenvalue weighted by Crippen LogP contribution is 2.27. The summed E-state index contributed by atoms with van der Waals surface area (Å²) in [5.41, 5.74) is -0.280. The summed E-state index contributed by atoms with van der Waals surface area (Å²) < 4.78 is 10.8. The average Bonchev–Trinajstić information content (AvgIpc) is 2.74. The van der Waals surface area contributed by atoms with Crippen LogP contribution in [0.3, 0.4) is 0 Å². The summed E-state index contributed by atoms with van der Waals surface area (Å²) in [6.07, 6.45) is -0.636. The van der Waals surface area contributed by atoms with Crippen LogP contribution in [0.5, 0.6) is 0 Å². The highest BCUT2D eigenvalue weighted by Gasteiger charge is 2.45. The van der Waals surface area contributed by atoms with Crippen LogP contribution < -0.4 is 5.32 Å². The molecule has 94 valence electrons. The van der Waals surface area contributed by atoms with E-state index in [4.69, 9.17) is 14.6 Å². The number of nitrogens with one attached hydrogen (secondary N) is 1. The van der Waals surface area contributed by atoms with Crippen LogP contribution in [0.1, 0.15) is 34.6 Å². The van der Waals surface area contributed by atoms with E-state index in [1.54, 1.807) is 0 Å². The minimum absolute atomic E-state index is 0.0111. The Bertz CT molecular complexity index is 259. The van der Waals surface area contributed by atoms with Gasteiger partial charge in [0.1, 0.15) is 6.04 Å². The second-order valence-electron chi connectivity index (χ2n) is 5.38. The standard InChI is InChI=1S/C11H21NO4/c1-6(2)7(9(13)14)12-8-10(15-8)16-11(3,4)5/h6-8,10,12H,1-5H3,(H,13,14)/t7-,8?,10?/m0/s1. The fourth-order valence-corrected chi connectivity index (χ4v) is 1.38. The number of carbonyl (C=O) groups is 1. The predicted octanol–water partition coefficient (Wildman–Crippen LogP) is 1.18. The van der Waals surface area contributed by atoms with Crippen LogP contribution in [0.4, 0.5) is 0 Å². The van der Waals surface area contributed by atoms with Crippen molar-refractivity contribution >= 4 is 5.97 Å². The summed E-state index contributed by atoms with van der Waals surface area (Å²) in [6, 6.07) is -0.599. The Balaban J connectivity index is 2.38. The van der Waals surface area contributed by atoms with Gasteiger partial charge in [0.25, 0.3) is 0 Å². The fraction of sp³-hybridized carbons (Fsp3) is 0.909. The van der Waals surface area contributed by atoms with Gasteiger partial charge in [0.05, 0.1) is 5.60 Å². The van der Waals surface area contributed by atoms with Gasteiger partial charge in [-0.3, -0.25) is 10.1 Å². The Hall–Kier alpha value is -0.650. The summed E-state index contributed by atoms with van der Waals surface area (Å²) >= 11 is 0. The van der Waals surface area contributed by atoms with Crippen molar-refractivity contribution in [1.29, 1.82) is 0 Å². The summed E-state index contributed by atoms with van der Waals surface area (Å²) in [4.78, 5) is 10.9. The monoisotopic (exact) mass is 231 g/mol. The molecule has 0 aliphatic carbocycles. The molecule has 1 aliphatic heterocycles. The SMILES string of the molecule is CC(C)[C@H](NC1OC1OC(C)(C)C)C(=O)O. The van der Waals surface area contributed by atoms with Gasteiger partial charge in [-0.25, -0.2) is 0 Å². The van der Waals surface area contributed by atoms with Crippen LogP contribution in [-0.2, 0) is 14.3 Å². The van der Waals surface area contributed by atoms with E-state index in [9.17, 15) is 4.79 Å². The Labute approximate surface area is 96.1 Å². The molecule has 3 atom stereocenters. The van der Waals surface area contributed by atoms with Crippen molar-refractivity contribution in [2.24, 2.45) is 5.92 Å². The molecule has 2 unspecified atom stereocenters. The van der Waals surface area contributed by atoms with E-state index in [0.29, 0.717) is 0 Å². The molecule has 0 amide bonds. The summed E-state index contributed by atoms with van der Waals surface area (Å²) in [5, 5.41) is 11.9. The summed E-state index contributed by atoms with van der Waals surface area (Å²) in [6.45, 7) is 9.51. The van der Waals surface area contributed by atoms with Gasteiger partial charge in [0.2, 0.25) is 0 Å². The van der Waals surface area contributed by atoms with Crippen molar-refractivity contribution in [3.63, 3.8) is 0 Å². The van der Waals surface area contributed by atoms with Gasteiger partial charge in [-0.15, -0.1) is 0 Å². The average molecular weight is 231 g/mol. The number of carboxylic acids is 1. The Morgan fingerprint density at radius 1 is 1.44 bits per heavy atom. The molecule has 1 saturated heterocycles. The first-order chi connectivity index (χ1) is 7.20. The zero-order valence-electron chi connectivity index (χ0n) is 10.5. The lowest BCUT2D eigenvalue weighted by atomic mass is 10.1. The van der Waals surface area contributed by atoms with E-state index in [1.807, 2.05) is 34.6 Å². The normalized spacial score (nSPS) is 26.9.